The predicted molar refractivity (Wildman–Crippen MR) is 50.0 cm³/mol. The van der Waals surface area contributed by atoms with E-state index in [0.717, 1.165) is 24.7 Å². The van der Waals surface area contributed by atoms with Crippen LogP contribution in [0, 0.1) is 0 Å². The van der Waals surface area contributed by atoms with Crippen LogP contribution in [0.1, 0.15) is 36.4 Å². The molecule has 1 aromatic rings. The van der Waals surface area contributed by atoms with Gasteiger partial charge in [-0.1, -0.05) is 0 Å². The molecule has 0 spiro atoms. The number of oxazole rings is 1. The fraction of sp³-hybridized carbons (Fsp3) is 0.700. The van der Waals surface area contributed by atoms with Crippen LogP contribution in [0.4, 0.5) is 0 Å². The van der Waals surface area contributed by atoms with E-state index in [1.54, 1.807) is 6.26 Å². The summed E-state index contributed by atoms with van der Waals surface area (Å²) in [6.45, 7) is 2.34. The molecule has 1 saturated heterocycles. The first-order valence-electron chi connectivity index (χ1n) is 5.20. The van der Waals surface area contributed by atoms with Gasteiger partial charge in [-0.15, -0.1) is 0 Å². The second kappa shape index (κ2) is 3.37. The highest BCUT2D eigenvalue weighted by atomic mass is 16.5. The molecule has 1 aliphatic heterocycles. The zero-order chi connectivity index (χ0) is 9.38. The Balaban J connectivity index is 1.74. The minimum Gasteiger partial charge on any atom is -0.447 e. The molecule has 2 fully saturated rings. The third kappa shape index (κ3) is 1.55. The Morgan fingerprint density at radius 3 is 3.07 bits per heavy atom. The van der Waals surface area contributed by atoms with Crippen molar-refractivity contribution in [2.45, 2.75) is 24.8 Å². The standard InChI is InChI=1S/C10H14N2O2/c1-2-7(1)8-6-14-10(12-8)9-5-13-4-3-11-9/h6-7,9,11H,1-5H2. The topological polar surface area (TPSA) is 47.3 Å². The Bertz CT molecular complexity index is 314. The van der Waals surface area contributed by atoms with E-state index in [2.05, 4.69) is 10.3 Å². The van der Waals surface area contributed by atoms with Crippen LogP contribution in [-0.2, 0) is 4.74 Å². The van der Waals surface area contributed by atoms with Crippen LogP contribution in [-0.4, -0.2) is 24.7 Å². The van der Waals surface area contributed by atoms with Crippen LogP contribution in [0.25, 0.3) is 0 Å². The molecule has 1 aromatic heterocycles. The molecular weight excluding hydrogens is 180 g/mol. The van der Waals surface area contributed by atoms with Crippen LogP contribution in [0.2, 0.25) is 0 Å². The van der Waals surface area contributed by atoms with Crippen molar-refractivity contribution < 1.29 is 9.15 Å². The molecule has 2 aliphatic rings. The van der Waals surface area contributed by atoms with Gasteiger partial charge in [-0.3, -0.25) is 0 Å². The summed E-state index contributed by atoms with van der Waals surface area (Å²) >= 11 is 0. The van der Waals surface area contributed by atoms with Gasteiger partial charge >= 0.3 is 0 Å². The molecule has 1 N–H and O–H groups in total. The van der Waals surface area contributed by atoms with E-state index in [9.17, 15) is 0 Å². The molecule has 76 valence electrons. The lowest BCUT2D eigenvalue weighted by Crippen LogP contribution is -2.34. The molecule has 1 aliphatic carbocycles. The van der Waals surface area contributed by atoms with Gasteiger partial charge in [-0.25, -0.2) is 4.98 Å². The van der Waals surface area contributed by atoms with Crippen molar-refractivity contribution in [1.82, 2.24) is 10.3 Å². The third-order valence-electron chi connectivity index (χ3n) is 2.76. The van der Waals surface area contributed by atoms with Crippen molar-refractivity contribution in [3.8, 4) is 0 Å². The van der Waals surface area contributed by atoms with Crippen LogP contribution in [0.3, 0.4) is 0 Å². The highest BCUT2D eigenvalue weighted by molar-refractivity contribution is 5.12. The Morgan fingerprint density at radius 2 is 2.36 bits per heavy atom. The quantitative estimate of drug-likeness (QED) is 0.768. The lowest BCUT2D eigenvalue weighted by molar-refractivity contribution is 0.0681. The van der Waals surface area contributed by atoms with Gasteiger partial charge in [0.1, 0.15) is 12.3 Å². The largest absolute Gasteiger partial charge is 0.447 e. The monoisotopic (exact) mass is 194 g/mol. The number of nitrogens with one attached hydrogen (secondary N) is 1. The van der Waals surface area contributed by atoms with Crippen LogP contribution >= 0.6 is 0 Å². The molecule has 1 saturated carbocycles. The van der Waals surface area contributed by atoms with Gasteiger partial charge < -0.3 is 14.5 Å². The first kappa shape index (κ1) is 8.44. The molecule has 14 heavy (non-hydrogen) atoms. The third-order valence-corrected chi connectivity index (χ3v) is 2.76. The lowest BCUT2D eigenvalue weighted by atomic mass is 10.3. The van der Waals surface area contributed by atoms with Crippen molar-refractivity contribution in [2.24, 2.45) is 0 Å². The van der Waals surface area contributed by atoms with Gasteiger partial charge in [0.15, 0.2) is 0 Å². The van der Waals surface area contributed by atoms with Gasteiger partial charge in [-0.05, 0) is 12.8 Å². The summed E-state index contributed by atoms with van der Waals surface area (Å²) in [4.78, 5) is 4.49. The number of hydrogen-bond acceptors (Lipinski definition) is 4. The molecule has 0 bridgehead atoms. The van der Waals surface area contributed by atoms with Crippen LogP contribution in [0.15, 0.2) is 10.7 Å². The van der Waals surface area contributed by atoms with E-state index in [-0.39, 0.29) is 6.04 Å². The summed E-state index contributed by atoms with van der Waals surface area (Å²) in [5.74, 6) is 1.45. The fourth-order valence-corrected chi connectivity index (χ4v) is 1.75. The Kier molecular flexibility index (Phi) is 2.03. The Hall–Kier alpha value is -0.870. The average molecular weight is 194 g/mol. The number of ether oxygens (including phenoxy) is 1. The van der Waals surface area contributed by atoms with Gasteiger partial charge in [0.2, 0.25) is 5.89 Å². The highest BCUT2D eigenvalue weighted by Gasteiger charge is 2.28. The summed E-state index contributed by atoms with van der Waals surface area (Å²) in [6.07, 6.45) is 4.32. The number of morpholine rings is 1. The van der Waals surface area contributed by atoms with E-state index in [0.29, 0.717) is 12.5 Å². The molecule has 0 amide bonds. The second-order valence-corrected chi connectivity index (χ2v) is 3.97. The molecule has 4 nitrogen and oxygen atoms in total. The number of nitrogens with zero attached hydrogens (tertiary/aromatic N) is 1. The number of hydrogen-bond donors (Lipinski definition) is 1. The minimum atomic E-state index is 0.149. The molecule has 1 unspecified atom stereocenters. The second-order valence-electron chi connectivity index (χ2n) is 3.97. The number of rotatable bonds is 2. The van der Waals surface area contributed by atoms with E-state index in [4.69, 9.17) is 9.15 Å². The molecule has 1 atom stereocenters. The van der Waals surface area contributed by atoms with Crippen molar-refractivity contribution in [2.75, 3.05) is 19.8 Å². The summed E-state index contributed by atoms with van der Waals surface area (Å²) in [7, 11) is 0. The van der Waals surface area contributed by atoms with E-state index in [1.807, 2.05) is 0 Å². The normalized spacial score (nSPS) is 27.9. The van der Waals surface area contributed by atoms with Crippen molar-refractivity contribution in [1.29, 1.82) is 0 Å². The van der Waals surface area contributed by atoms with E-state index in [1.165, 1.54) is 12.8 Å². The lowest BCUT2D eigenvalue weighted by Gasteiger charge is -2.20. The zero-order valence-electron chi connectivity index (χ0n) is 8.03. The number of aromatic nitrogens is 1. The minimum absolute atomic E-state index is 0.149. The average Bonchev–Trinajstić information content (AvgIpc) is 2.98. The van der Waals surface area contributed by atoms with Gasteiger partial charge in [-0.2, -0.15) is 0 Å². The fourth-order valence-electron chi connectivity index (χ4n) is 1.75. The van der Waals surface area contributed by atoms with Gasteiger partial charge in [0, 0.05) is 12.5 Å². The van der Waals surface area contributed by atoms with E-state index >= 15 is 0 Å². The molecule has 0 aromatic carbocycles. The first-order valence-corrected chi connectivity index (χ1v) is 5.20. The van der Waals surface area contributed by atoms with Crippen molar-refractivity contribution in [3.05, 3.63) is 17.8 Å². The summed E-state index contributed by atoms with van der Waals surface area (Å²) in [5.41, 5.74) is 1.12. The Morgan fingerprint density at radius 1 is 1.43 bits per heavy atom. The van der Waals surface area contributed by atoms with Gasteiger partial charge in [0.05, 0.1) is 18.9 Å². The summed E-state index contributed by atoms with van der Waals surface area (Å²) < 4.78 is 10.8. The highest BCUT2D eigenvalue weighted by Crippen LogP contribution is 2.39. The van der Waals surface area contributed by atoms with Crippen molar-refractivity contribution >= 4 is 0 Å². The molecule has 0 radical (unpaired) electrons. The smallest absolute Gasteiger partial charge is 0.213 e. The maximum atomic E-state index is 5.45. The summed E-state index contributed by atoms with van der Waals surface area (Å²) in [5, 5.41) is 3.33. The molecular formula is C10H14N2O2. The first-order chi connectivity index (χ1) is 6.93. The predicted octanol–water partition coefficient (Wildman–Crippen LogP) is 1.21. The SMILES string of the molecule is c1oc(C2COCCN2)nc1C1CC1. The Labute approximate surface area is 82.7 Å². The molecule has 4 heteroatoms. The van der Waals surface area contributed by atoms with E-state index < -0.39 is 0 Å². The molecule has 3 rings (SSSR count). The summed E-state index contributed by atoms with van der Waals surface area (Å²) in [6, 6.07) is 0.149. The van der Waals surface area contributed by atoms with Crippen LogP contribution in [0.5, 0.6) is 0 Å². The maximum Gasteiger partial charge on any atom is 0.213 e. The zero-order valence-corrected chi connectivity index (χ0v) is 8.03. The maximum absolute atomic E-state index is 5.45. The van der Waals surface area contributed by atoms with Crippen LogP contribution < -0.4 is 5.32 Å². The van der Waals surface area contributed by atoms with Crippen molar-refractivity contribution in [3.63, 3.8) is 0 Å². The van der Waals surface area contributed by atoms with Gasteiger partial charge in [0.25, 0.3) is 0 Å². The molecule has 2 heterocycles.